The number of halogens is 3. The summed E-state index contributed by atoms with van der Waals surface area (Å²) in [6.45, 7) is 5.67. The summed E-state index contributed by atoms with van der Waals surface area (Å²) in [6.07, 6.45) is -4.01. The number of hydrogen-bond donors (Lipinski definition) is 2. The lowest BCUT2D eigenvalue weighted by molar-refractivity contribution is -0.140. The van der Waals surface area contributed by atoms with Crippen LogP contribution in [0.2, 0.25) is 0 Å². The summed E-state index contributed by atoms with van der Waals surface area (Å²) >= 11 is 1.01. The summed E-state index contributed by atoms with van der Waals surface area (Å²) in [5, 5.41) is 7.65. The highest BCUT2D eigenvalue weighted by Crippen LogP contribution is 2.30. The van der Waals surface area contributed by atoms with E-state index in [2.05, 4.69) is 40.5 Å². The van der Waals surface area contributed by atoms with Gasteiger partial charge >= 0.3 is 6.18 Å². The van der Waals surface area contributed by atoms with Gasteiger partial charge in [0.15, 0.2) is 11.7 Å². The fraction of sp³-hybridized carbons (Fsp3) is 0.474. The number of rotatable bonds is 8. The Balaban J connectivity index is 1.71. The summed E-state index contributed by atoms with van der Waals surface area (Å²) in [7, 11) is 1.63. The maximum absolute atomic E-state index is 12.6. The molecule has 28 heavy (non-hydrogen) atoms. The summed E-state index contributed by atoms with van der Waals surface area (Å²) in [5.74, 6) is 1.81. The van der Waals surface area contributed by atoms with Gasteiger partial charge < -0.3 is 15.4 Å². The molecular weight excluding hydrogens is 389 g/mol. The molecule has 154 valence electrons. The molecule has 2 rings (SSSR count). The zero-order chi connectivity index (χ0) is 20.6. The first-order valence-corrected chi connectivity index (χ1v) is 9.87. The number of nitrogens with zero attached hydrogens (tertiary/aromatic N) is 2. The number of ether oxygens (including phenoxy) is 1. The number of guanidine groups is 1. The number of aliphatic imine (C=N–C) groups is 1. The van der Waals surface area contributed by atoms with E-state index in [9.17, 15) is 13.2 Å². The molecule has 0 radical (unpaired) electrons. The Bertz CT molecular complexity index is 775. The topological polar surface area (TPSA) is 58.5 Å². The van der Waals surface area contributed by atoms with Crippen LogP contribution in [0.5, 0.6) is 5.75 Å². The van der Waals surface area contributed by atoms with E-state index in [1.54, 1.807) is 7.05 Å². The Morgan fingerprint density at radius 3 is 2.57 bits per heavy atom. The van der Waals surface area contributed by atoms with E-state index in [0.29, 0.717) is 43.0 Å². The van der Waals surface area contributed by atoms with Gasteiger partial charge in [-0.1, -0.05) is 32.0 Å². The molecule has 0 unspecified atom stereocenters. The predicted molar refractivity (Wildman–Crippen MR) is 106 cm³/mol. The lowest BCUT2D eigenvalue weighted by Crippen LogP contribution is -2.40. The van der Waals surface area contributed by atoms with Crippen LogP contribution in [0.3, 0.4) is 0 Å². The van der Waals surface area contributed by atoms with Crippen LogP contribution in [0, 0.1) is 0 Å². The molecule has 0 saturated heterocycles. The van der Waals surface area contributed by atoms with Crippen molar-refractivity contribution in [2.24, 2.45) is 4.99 Å². The molecule has 2 N–H and O–H groups in total. The maximum atomic E-state index is 12.6. The minimum Gasteiger partial charge on any atom is -0.491 e. The van der Waals surface area contributed by atoms with Gasteiger partial charge in [0.25, 0.3) is 0 Å². The Hall–Kier alpha value is -2.29. The van der Waals surface area contributed by atoms with Crippen molar-refractivity contribution >= 4 is 17.3 Å². The van der Waals surface area contributed by atoms with E-state index in [0.717, 1.165) is 28.0 Å². The molecule has 1 aromatic carbocycles. The molecule has 0 aliphatic rings. The van der Waals surface area contributed by atoms with E-state index < -0.39 is 11.9 Å². The largest absolute Gasteiger partial charge is 0.491 e. The number of thiazole rings is 1. The molecule has 0 fully saturated rings. The minimum absolute atomic E-state index is 0.377. The summed E-state index contributed by atoms with van der Waals surface area (Å²) < 4.78 is 43.5. The van der Waals surface area contributed by atoms with Gasteiger partial charge in [0.1, 0.15) is 12.4 Å². The third-order valence-electron chi connectivity index (χ3n) is 3.89. The summed E-state index contributed by atoms with van der Waals surface area (Å²) in [6, 6.07) is 7.94. The van der Waals surface area contributed by atoms with Crippen LogP contribution in [-0.2, 0) is 12.6 Å². The number of hydrogen-bond acceptors (Lipinski definition) is 4. The van der Waals surface area contributed by atoms with Crippen molar-refractivity contribution in [1.82, 2.24) is 15.6 Å². The highest BCUT2D eigenvalue weighted by molar-refractivity contribution is 7.09. The maximum Gasteiger partial charge on any atom is 0.434 e. The molecular formula is C19H25F3N4OS. The Kier molecular flexibility index (Phi) is 8.10. The van der Waals surface area contributed by atoms with Crippen molar-refractivity contribution in [2.75, 3.05) is 26.7 Å². The highest BCUT2D eigenvalue weighted by Gasteiger charge is 2.33. The summed E-state index contributed by atoms with van der Waals surface area (Å²) in [5.41, 5.74) is 0.320. The van der Waals surface area contributed by atoms with E-state index >= 15 is 0 Å². The summed E-state index contributed by atoms with van der Waals surface area (Å²) in [4.78, 5) is 7.70. The van der Waals surface area contributed by atoms with Gasteiger partial charge in [-0.05, 0) is 17.5 Å². The van der Waals surface area contributed by atoms with Gasteiger partial charge in [-0.2, -0.15) is 13.2 Å². The highest BCUT2D eigenvalue weighted by atomic mass is 32.1. The van der Waals surface area contributed by atoms with Crippen molar-refractivity contribution in [3.63, 3.8) is 0 Å². The van der Waals surface area contributed by atoms with Gasteiger partial charge in [-0.25, -0.2) is 4.98 Å². The van der Waals surface area contributed by atoms with E-state index in [-0.39, 0.29) is 0 Å². The molecule has 0 amide bonds. The molecule has 5 nitrogen and oxygen atoms in total. The Morgan fingerprint density at radius 2 is 1.93 bits per heavy atom. The number of alkyl halides is 3. The molecule has 0 saturated carbocycles. The second kappa shape index (κ2) is 10.3. The monoisotopic (exact) mass is 414 g/mol. The molecule has 2 aromatic rings. The van der Waals surface area contributed by atoms with Gasteiger partial charge in [0.05, 0.1) is 11.6 Å². The van der Waals surface area contributed by atoms with Crippen LogP contribution in [0.15, 0.2) is 34.6 Å². The third-order valence-corrected chi connectivity index (χ3v) is 4.80. The van der Waals surface area contributed by atoms with Crippen LogP contribution in [0.1, 0.15) is 36.0 Å². The lowest BCUT2D eigenvalue weighted by Gasteiger charge is -2.15. The van der Waals surface area contributed by atoms with Crippen LogP contribution in [-0.4, -0.2) is 37.7 Å². The molecule has 1 heterocycles. The third kappa shape index (κ3) is 6.70. The molecule has 0 bridgehead atoms. The normalized spacial score (nSPS) is 12.3. The van der Waals surface area contributed by atoms with Crippen molar-refractivity contribution in [3.05, 3.63) is 45.9 Å². The Labute approximate surface area is 167 Å². The predicted octanol–water partition coefficient (Wildman–Crippen LogP) is 4.07. The van der Waals surface area contributed by atoms with Crippen LogP contribution < -0.4 is 15.4 Å². The molecule has 0 atom stereocenters. The smallest absolute Gasteiger partial charge is 0.434 e. The fourth-order valence-electron chi connectivity index (χ4n) is 2.48. The van der Waals surface area contributed by atoms with E-state index in [1.807, 2.05) is 18.2 Å². The first-order valence-electron chi connectivity index (χ1n) is 8.99. The van der Waals surface area contributed by atoms with Crippen LogP contribution in [0.25, 0.3) is 0 Å². The number of para-hydroxylation sites is 1. The number of aromatic nitrogens is 1. The molecule has 0 spiro atoms. The second-order valence-corrected chi connectivity index (χ2v) is 7.28. The SMILES string of the molecule is CN=C(NCCOc1ccccc1C(C)C)NCCc1nc(C(F)(F)F)cs1. The first kappa shape index (κ1) is 22.0. The minimum atomic E-state index is -4.39. The van der Waals surface area contributed by atoms with Gasteiger partial charge in [-0.15, -0.1) is 11.3 Å². The van der Waals surface area contributed by atoms with Crippen molar-refractivity contribution < 1.29 is 17.9 Å². The molecule has 9 heteroatoms. The zero-order valence-electron chi connectivity index (χ0n) is 16.1. The van der Waals surface area contributed by atoms with Crippen molar-refractivity contribution in [2.45, 2.75) is 32.4 Å². The standard InChI is InChI=1S/C19H25F3N4OS/c1-13(2)14-6-4-5-7-15(14)27-11-10-25-18(23-3)24-9-8-17-26-16(12-28-17)19(20,21)22/h4-7,12-13H,8-11H2,1-3H3,(H2,23,24,25). The number of nitrogens with one attached hydrogen (secondary N) is 2. The molecule has 0 aliphatic carbocycles. The lowest BCUT2D eigenvalue weighted by atomic mass is 10.0. The van der Waals surface area contributed by atoms with Gasteiger partial charge in [0.2, 0.25) is 0 Å². The van der Waals surface area contributed by atoms with Gasteiger partial charge in [-0.3, -0.25) is 4.99 Å². The fourth-order valence-corrected chi connectivity index (χ4v) is 3.29. The van der Waals surface area contributed by atoms with E-state index in [1.165, 1.54) is 0 Å². The zero-order valence-corrected chi connectivity index (χ0v) is 17.0. The van der Waals surface area contributed by atoms with Crippen molar-refractivity contribution in [3.8, 4) is 5.75 Å². The first-order chi connectivity index (χ1) is 13.3. The molecule has 1 aromatic heterocycles. The van der Waals surface area contributed by atoms with Crippen LogP contribution >= 0.6 is 11.3 Å². The average Bonchev–Trinajstić information content (AvgIpc) is 3.13. The van der Waals surface area contributed by atoms with Crippen LogP contribution in [0.4, 0.5) is 13.2 Å². The second-order valence-electron chi connectivity index (χ2n) is 6.34. The molecule has 0 aliphatic heterocycles. The van der Waals surface area contributed by atoms with E-state index in [4.69, 9.17) is 4.74 Å². The van der Waals surface area contributed by atoms with Gasteiger partial charge in [0, 0.05) is 25.4 Å². The quantitative estimate of drug-likeness (QED) is 0.388. The van der Waals surface area contributed by atoms with Crippen molar-refractivity contribution in [1.29, 1.82) is 0 Å². The Morgan fingerprint density at radius 1 is 1.21 bits per heavy atom. The average molecular weight is 414 g/mol. The number of benzene rings is 1.